The van der Waals surface area contributed by atoms with Crippen molar-refractivity contribution in [3.63, 3.8) is 0 Å². The number of nitrogens with zero attached hydrogens (tertiary/aromatic N) is 3. The minimum absolute atomic E-state index is 0.435. The summed E-state index contributed by atoms with van der Waals surface area (Å²) in [6.07, 6.45) is 4.74. The molecule has 0 saturated heterocycles. The van der Waals surface area contributed by atoms with E-state index in [0.717, 1.165) is 60.3 Å². The summed E-state index contributed by atoms with van der Waals surface area (Å²) in [5.41, 5.74) is 2.26. The summed E-state index contributed by atoms with van der Waals surface area (Å²) in [6.45, 7) is 4.67. The van der Waals surface area contributed by atoms with Gasteiger partial charge in [0, 0.05) is 32.1 Å². The predicted octanol–water partition coefficient (Wildman–Crippen LogP) is 4.86. The monoisotopic (exact) mass is 433 g/mol. The number of nitrogens with one attached hydrogen (secondary N) is 2. The van der Waals surface area contributed by atoms with Crippen LogP contribution in [0.25, 0.3) is 10.9 Å². The Balaban J connectivity index is 1.27. The Morgan fingerprint density at radius 1 is 1.00 bits per heavy atom. The van der Waals surface area contributed by atoms with Crippen molar-refractivity contribution < 1.29 is 4.74 Å². The summed E-state index contributed by atoms with van der Waals surface area (Å²) in [6, 6.07) is 17.0. The maximum Gasteiger partial charge on any atom is 0.225 e. The molecule has 6 heteroatoms. The molecule has 1 aromatic heterocycles. The van der Waals surface area contributed by atoms with Crippen LogP contribution in [0.4, 0.5) is 11.8 Å². The summed E-state index contributed by atoms with van der Waals surface area (Å²) in [4.78, 5) is 11.6. The molecule has 1 fully saturated rings. The first-order valence-electron chi connectivity index (χ1n) is 11.8. The van der Waals surface area contributed by atoms with E-state index in [-0.39, 0.29) is 0 Å². The molecule has 2 aromatic carbocycles. The van der Waals surface area contributed by atoms with Crippen molar-refractivity contribution in [3.05, 3.63) is 54.1 Å². The van der Waals surface area contributed by atoms with Gasteiger partial charge in [-0.1, -0.05) is 24.3 Å². The summed E-state index contributed by atoms with van der Waals surface area (Å²) < 4.78 is 5.60. The highest BCUT2D eigenvalue weighted by Gasteiger charge is 2.22. The van der Waals surface area contributed by atoms with Gasteiger partial charge in [-0.15, -0.1) is 0 Å². The second kappa shape index (κ2) is 10.6. The van der Waals surface area contributed by atoms with Gasteiger partial charge >= 0.3 is 0 Å². The maximum atomic E-state index is 5.60. The molecule has 0 unspecified atom stereocenters. The highest BCUT2D eigenvalue weighted by atomic mass is 16.5. The molecule has 0 radical (unpaired) electrons. The zero-order valence-corrected chi connectivity index (χ0v) is 19.5. The van der Waals surface area contributed by atoms with Gasteiger partial charge in [0.1, 0.15) is 11.6 Å². The largest absolute Gasteiger partial charge is 0.494 e. The molecule has 2 N–H and O–H groups in total. The lowest BCUT2D eigenvalue weighted by molar-refractivity contribution is 0.323. The molecule has 6 nitrogen and oxygen atoms in total. The number of fused-ring (bicyclic) bond motifs is 1. The first-order valence-corrected chi connectivity index (χ1v) is 11.8. The number of para-hydroxylation sites is 1. The van der Waals surface area contributed by atoms with E-state index in [0.29, 0.717) is 12.6 Å². The SMILES string of the molecule is CCOc1cccc(CNCC2CCC(Nc3nc(N(C)C)c4ccccc4n3)CC2)c1. The van der Waals surface area contributed by atoms with Gasteiger partial charge in [0.15, 0.2) is 0 Å². The summed E-state index contributed by atoms with van der Waals surface area (Å²) >= 11 is 0. The molecule has 32 heavy (non-hydrogen) atoms. The fourth-order valence-corrected chi connectivity index (χ4v) is 4.49. The average Bonchev–Trinajstić information content (AvgIpc) is 2.80. The lowest BCUT2D eigenvalue weighted by Gasteiger charge is -2.29. The van der Waals surface area contributed by atoms with Gasteiger partial charge in [0.25, 0.3) is 0 Å². The highest BCUT2D eigenvalue weighted by molar-refractivity contribution is 5.90. The van der Waals surface area contributed by atoms with Crippen LogP contribution in [0.5, 0.6) is 5.75 Å². The van der Waals surface area contributed by atoms with Crippen LogP contribution in [0.2, 0.25) is 0 Å². The van der Waals surface area contributed by atoms with E-state index in [1.807, 2.05) is 39.2 Å². The second-order valence-electron chi connectivity index (χ2n) is 8.86. The molecule has 1 heterocycles. The Bertz CT molecular complexity index is 1010. The lowest BCUT2D eigenvalue weighted by Crippen LogP contribution is -2.31. The van der Waals surface area contributed by atoms with Crippen LogP contribution < -0.4 is 20.3 Å². The summed E-state index contributed by atoms with van der Waals surface area (Å²) in [7, 11) is 4.06. The molecule has 4 rings (SSSR count). The van der Waals surface area contributed by atoms with E-state index < -0.39 is 0 Å². The van der Waals surface area contributed by atoms with Crippen molar-refractivity contribution in [1.29, 1.82) is 0 Å². The Hall–Kier alpha value is -2.86. The normalized spacial score (nSPS) is 18.5. The molecular formula is C26H35N5O. The van der Waals surface area contributed by atoms with Gasteiger partial charge in [-0.25, -0.2) is 4.98 Å². The van der Waals surface area contributed by atoms with Crippen LogP contribution in [-0.4, -0.2) is 43.3 Å². The van der Waals surface area contributed by atoms with Crippen LogP contribution in [0.3, 0.4) is 0 Å². The third-order valence-corrected chi connectivity index (χ3v) is 6.16. The van der Waals surface area contributed by atoms with E-state index in [2.05, 4.69) is 45.9 Å². The van der Waals surface area contributed by atoms with Gasteiger partial charge in [-0.3, -0.25) is 0 Å². The van der Waals surface area contributed by atoms with Crippen LogP contribution in [0, 0.1) is 5.92 Å². The molecule has 1 saturated carbocycles. The smallest absolute Gasteiger partial charge is 0.225 e. The predicted molar refractivity (Wildman–Crippen MR) is 133 cm³/mol. The summed E-state index contributed by atoms with van der Waals surface area (Å²) in [5, 5.41) is 8.33. The van der Waals surface area contributed by atoms with Crippen molar-refractivity contribution in [2.24, 2.45) is 5.92 Å². The third kappa shape index (κ3) is 5.68. The molecule has 0 aliphatic heterocycles. The van der Waals surface area contributed by atoms with E-state index in [1.54, 1.807) is 0 Å². The topological polar surface area (TPSA) is 62.3 Å². The van der Waals surface area contributed by atoms with Crippen LogP contribution in [0.15, 0.2) is 48.5 Å². The van der Waals surface area contributed by atoms with Crippen LogP contribution in [-0.2, 0) is 6.54 Å². The molecule has 0 spiro atoms. The number of aromatic nitrogens is 2. The average molecular weight is 434 g/mol. The summed E-state index contributed by atoms with van der Waals surface area (Å²) in [5.74, 6) is 3.37. The van der Waals surface area contributed by atoms with Gasteiger partial charge in [-0.2, -0.15) is 4.98 Å². The molecule has 3 aromatic rings. The maximum absolute atomic E-state index is 5.60. The van der Waals surface area contributed by atoms with E-state index in [1.165, 1.54) is 18.4 Å². The molecule has 0 amide bonds. The number of anilines is 2. The number of hydrogen-bond acceptors (Lipinski definition) is 6. The van der Waals surface area contributed by atoms with Crippen LogP contribution in [0.1, 0.15) is 38.2 Å². The van der Waals surface area contributed by atoms with Crippen LogP contribution >= 0.6 is 0 Å². The standard InChI is InChI=1S/C26H35N5O/c1-4-32-22-9-7-8-20(16-22)18-27-17-19-12-14-21(15-13-19)28-26-29-24-11-6-5-10-23(24)25(30-26)31(2)3/h5-11,16,19,21,27H,4,12-15,17-18H2,1-3H3,(H,28,29,30). The number of benzene rings is 2. The minimum atomic E-state index is 0.435. The highest BCUT2D eigenvalue weighted by Crippen LogP contribution is 2.28. The Morgan fingerprint density at radius 3 is 2.59 bits per heavy atom. The van der Waals surface area contributed by atoms with Crippen molar-refractivity contribution in [2.75, 3.05) is 37.5 Å². The van der Waals surface area contributed by atoms with Crippen molar-refractivity contribution >= 4 is 22.7 Å². The fourth-order valence-electron chi connectivity index (χ4n) is 4.49. The molecule has 1 aliphatic rings. The Labute approximate surface area is 191 Å². The quantitative estimate of drug-likeness (QED) is 0.503. The lowest BCUT2D eigenvalue weighted by atomic mass is 9.86. The first-order chi connectivity index (χ1) is 15.6. The third-order valence-electron chi connectivity index (χ3n) is 6.16. The van der Waals surface area contributed by atoms with Gasteiger partial charge < -0.3 is 20.3 Å². The fraction of sp³-hybridized carbons (Fsp3) is 0.462. The second-order valence-corrected chi connectivity index (χ2v) is 8.86. The molecule has 1 aliphatic carbocycles. The zero-order chi connectivity index (χ0) is 22.3. The zero-order valence-electron chi connectivity index (χ0n) is 19.5. The van der Waals surface area contributed by atoms with Gasteiger partial charge in [0.2, 0.25) is 5.95 Å². The Morgan fingerprint density at radius 2 is 1.81 bits per heavy atom. The Kier molecular flexibility index (Phi) is 7.43. The van der Waals surface area contributed by atoms with Gasteiger partial charge in [0.05, 0.1) is 12.1 Å². The van der Waals surface area contributed by atoms with Gasteiger partial charge in [-0.05, 0) is 74.9 Å². The van der Waals surface area contributed by atoms with Crippen molar-refractivity contribution in [2.45, 2.75) is 45.2 Å². The van der Waals surface area contributed by atoms with E-state index in [4.69, 9.17) is 14.7 Å². The molecule has 0 atom stereocenters. The van der Waals surface area contributed by atoms with Crippen molar-refractivity contribution in [3.8, 4) is 5.75 Å². The minimum Gasteiger partial charge on any atom is -0.494 e. The van der Waals surface area contributed by atoms with E-state index >= 15 is 0 Å². The molecular weight excluding hydrogens is 398 g/mol. The van der Waals surface area contributed by atoms with E-state index in [9.17, 15) is 0 Å². The molecule has 0 bridgehead atoms. The number of ether oxygens (including phenoxy) is 1. The first kappa shape index (κ1) is 22.3. The molecule has 170 valence electrons. The van der Waals surface area contributed by atoms with Crippen molar-refractivity contribution in [1.82, 2.24) is 15.3 Å². The number of hydrogen-bond donors (Lipinski definition) is 2. The number of rotatable bonds is 9.